The first-order valence-electron chi connectivity index (χ1n) is 4.92. The highest BCUT2D eigenvalue weighted by molar-refractivity contribution is 5.77. The number of hydrogen-bond donors (Lipinski definition) is 0. The Hall–Kier alpha value is -1.30. The highest BCUT2D eigenvalue weighted by atomic mass is 14.1. The fraction of sp³-hybridized carbons (Fsp3) is 0.286. The van der Waals surface area contributed by atoms with Crippen molar-refractivity contribution in [1.29, 1.82) is 0 Å². The Morgan fingerprint density at radius 2 is 1.50 bits per heavy atom. The van der Waals surface area contributed by atoms with Crippen molar-refractivity contribution >= 4 is 5.57 Å². The molecule has 0 bridgehead atoms. The molecule has 14 heavy (non-hydrogen) atoms. The summed E-state index contributed by atoms with van der Waals surface area (Å²) in [7, 11) is 0. The van der Waals surface area contributed by atoms with Crippen LogP contribution in [0, 0.1) is 6.92 Å². The van der Waals surface area contributed by atoms with E-state index in [2.05, 4.69) is 58.5 Å². The first-order chi connectivity index (χ1) is 6.52. The standard InChI is InChI=1S/C14H18/c1-10(2)12(4)13(5)14-8-6-11(3)7-9-14/h6-9H,5H2,1-4H3. The van der Waals surface area contributed by atoms with Crippen LogP contribution in [0.1, 0.15) is 31.9 Å². The van der Waals surface area contributed by atoms with Crippen LogP contribution >= 0.6 is 0 Å². The van der Waals surface area contributed by atoms with E-state index in [1.165, 1.54) is 22.3 Å². The van der Waals surface area contributed by atoms with Gasteiger partial charge >= 0.3 is 0 Å². The second kappa shape index (κ2) is 4.28. The summed E-state index contributed by atoms with van der Waals surface area (Å²) in [4.78, 5) is 0. The second-order valence-corrected chi connectivity index (χ2v) is 3.97. The van der Waals surface area contributed by atoms with Crippen LogP contribution < -0.4 is 0 Å². The summed E-state index contributed by atoms with van der Waals surface area (Å²) in [5, 5.41) is 0. The summed E-state index contributed by atoms with van der Waals surface area (Å²) in [6.45, 7) is 12.6. The topological polar surface area (TPSA) is 0 Å². The van der Waals surface area contributed by atoms with Gasteiger partial charge in [-0.2, -0.15) is 0 Å². The Kier molecular flexibility index (Phi) is 3.29. The van der Waals surface area contributed by atoms with Crippen molar-refractivity contribution < 1.29 is 0 Å². The molecule has 0 spiro atoms. The largest absolute Gasteiger partial charge is 0.0909 e. The lowest BCUT2D eigenvalue weighted by molar-refractivity contribution is 1.30. The van der Waals surface area contributed by atoms with E-state index in [9.17, 15) is 0 Å². The van der Waals surface area contributed by atoms with E-state index in [1.54, 1.807) is 0 Å². The minimum Gasteiger partial charge on any atom is -0.0909 e. The van der Waals surface area contributed by atoms with Gasteiger partial charge in [-0.1, -0.05) is 42.0 Å². The molecule has 0 aromatic heterocycles. The molecule has 1 aromatic carbocycles. The van der Waals surface area contributed by atoms with Gasteiger partial charge in [0.05, 0.1) is 0 Å². The predicted molar refractivity (Wildman–Crippen MR) is 64.3 cm³/mol. The molecule has 0 amide bonds. The number of hydrogen-bond acceptors (Lipinski definition) is 0. The third kappa shape index (κ3) is 2.35. The van der Waals surface area contributed by atoms with Crippen molar-refractivity contribution in [2.45, 2.75) is 27.7 Å². The van der Waals surface area contributed by atoms with E-state index in [-0.39, 0.29) is 0 Å². The number of allylic oxidation sites excluding steroid dienone is 3. The average Bonchev–Trinajstić information content (AvgIpc) is 2.16. The molecule has 74 valence electrons. The van der Waals surface area contributed by atoms with Gasteiger partial charge in [0.15, 0.2) is 0 Å². The summed E-state index contributed by atoms with van der Waals surface area (Å²) in [6.07, 6.45) is 0. The van der Waals surface area contributed by atoms with E-state index in [0.29, 0.717) is 0 Å². The van der Waals surface area contributed by atoms with Crippen LogP contribution in [0.25, 0.3) is 5.57 Å². The number of aryl methyl sites for hydroxylation is 1. The van der Waals surface area contributed by atoms with Crippen LogP contribution in [0.2, 0.25) is 0 Å². The molecule has 0 aliphatic rings. The summed E-state index contributed by atoms with van der Waals surface area (Å²) in [6, 6.07) is 8.51. The van der Waals surface area contributed by atoms with Gasteiger partial charge in [0, 0.05) is 0 Å². The quantitative estimate of drug-likeness (QED) is 0.602. The molecule has 0 heteroatoms. The van der Waals surface area contributed by atoms with Crippen LogP contribution in [-0.4, -0.2) is 0 Å². The van der Waals surface area contributed by atoms with E-state index < -0.39 is 0 Å². The fourth-order valence-electron chi connectivity index (χ4n) is 1.27. The lowest BCUT2D eigenvalue weighted by Crippen LogP contribution is -1.87. The Morgan fingerprint density at radius 3 is 1.93 bits per heavy atom. The monoisotopic (exact) mass is 186 g/mol. The molecule has 0 aliphatic carbocycles. The Bertz CT molecular complexity index is 360. The van der Waals surface area contributed by atoms with Gasteiger partial charge < -0.3 is 0 Å². The first kappa shape index (κ1) is 10.8. The summed E-state index contributed by atoms with van der Waals surface area (Å²) >= 11 is 0. The van der Waals surface area contributed by atoms with Gasteiger partial charge in [-0.05, 0) is 44.4 Å². The predicted octanol–water partition coefficient (Wildman–Crippen LogP) is 4.36. The molecule has 0 fully saturated rings. The first-order valence-corrected chi connectivity index (χ1v) is 4.92. The van der Waals surface area contributed by atoms with E-state index in [4.69, 9.17) is 0 Å². The SMILES string of the molecule is C=C(C(C)=C(C)C)c1ccc(C)cc1. The molecule has 0 aliphatic heterocycles. The molecular formula is C14H18. The van der Waals surface area contributed by atoms with Gasteiger partial charge in [-0.15, -0.1) is 0 Å². The highest BCUT2D eigenvalue weighted by Crippen LogP contribution is 2.23. The van der Waals surface area contributed by atoms with Crippen molar-refractivity contribution in [2.24, 2.45) is 0 Å². The highest BCUT2D eigenvalue weighted by Gasteiger charge is 2.01. The van der Waals surface area contributed by atoms with Crippen LogP contribution in [0.3, 0.4) is 0 Å². The average molecular weight is 186 g/mol. The van der Waals surface area contributed by atoms with E-state index in [0.717, 1.165) is 5.57 Å². The lowest BCUT2D eigenvalue weighted by atomic mass is 9.97. The molecular weight excluding hydrogens is 168 g/mol. The fourth-order valence-corrected chi connectivity index (χ4v) is 1.27. The maximum absolute atomic E-state index is 4.12. The molecule has 0 atom stereocenters. The Balaban J connectivity index is 3.02. The third-order valence-corrected chi connectivity index (χ3v) is 2.60. The van der Waals surface area contributed by atoms with Crippen molar-refractivity contribution in [3.63, 3.8) is 0 Å². The summed E-state index contributed by atoms with van der Waals surface area (Å²) < 4.78 is 0. The van der Waals surface area contributed by atoms with Crippen molar-refractivity contribution in [1.82, 2.24) is 0 Å². The summed E-state index contributed by atoms with van der Waals surface area (Å²) in [5.74, 6) is 0. The molecule has 0 unspecified atom stereocenters. The molecule has 0 saturated carbocycles. The second-order valence-electron chi connectivity index (χ2n) is 3.97. The smallest absolute Gasteiger partial charge is 0.0187 e. The normalized spacial score (nSPS) is 9.71. The van der Waals surface area contributed by atoms with Crippen molar-refractivity contribution in [3.05, 3.63) is 53.1 Å². The molecule has 0 N–H and O–H groups in total. The third-order valence-electron chi connectivity index (χ3n) is 2.60. The maximum Gasteiger partial charge on any atom is -0.0187 e. The van der Waals surface area contributed by atoms with Gasteiger partial charge in [0.2, 0.25) is 0 Å². The van der Waals surface area contributed by atoms with Crippen LogP contribution in [0.15, 0.2) is 42.0 Å². The Morgan fingerprint density at radius 1 is 1.00 bits per heavy atom. The zero-order chi connectivity index (χ0) is 10.7. The lowest BCUT2D eigenvalue weighted by Gasteiger charge is -2.08. The minimum absolute atomic E-state index is 1.13. The van der Waals surface area contributed by atoms with E-state index >= 15 is 0 Å². The Labute approximate surface area is 87.0 Å². The molecule has 1 rings (SSSR count). The van der Waals surface area contributed by atoms with Gasteiger partial charge in [-0.25, -0.2) is 0 Å². The minimum atomic E-state index is 1.13. The van der Waals surface area contributed by atoms with Crippen LogP contribution in [0.4, 0.5) is 0 Å². The molecule has 1 aromatic rings. The number of benzene rings is 1. The van der Waals surface area contributed by atoms with Crippen molar-refractivity contribution in [3.8, 4) is 0 Å². The van der Waals surface area contributed by atoms with Gasteiger partial charge in [0.1, 0.15) is 0 Å². The zero-order valence-electron chi connectivity index (χ0n) is 9.52. The molecule has 0 nitrogen and oxygen atoms in total. The van der Waals surface area contributed by atoms with Crippen LogP contribution in [-0.2, 0) is 0 Å². The van der Waals surface area contributed by atoms with Gasteiger partial charge in [0.25, 0.3) is 0 Å². The zero-order valence-corrected chi connectivity index (χ0v) is 9.52. The van der Waals surface area contributed by atoms with Crippen molar-refractivity contribution in [2.75, 3.05) is 0 Å². The number of rotatable bonds is 2. The summed E-state index contributed by atoms with van der Waals surface area (Å²) in [5.41, 5.74) is 6.25. The molecule has 0 radical (unpaired) electrons. The maximum atomic E-state index is 4.12. The molecule has 0 heterocycles. The van der Waals surface area contributed by atoms with Crippen LogP contribution in [0.5, 0.6) is 0 Å². The molecule has 0 saturated heterocycles. The van der Waals surface area contributed by atoms with E-state index in [1.807, 2.05) is 0 Å². The van der Waals surface area contributed by atoms with Gasteiger partial charge in [-0.3, -0.25) is 0 Å².